The highest BCUT2D eigenvalue weighted by atomic mass is 16.5. The Morgan fingerprint density at radius 2 is 2.12 bits per heavy atom. The number of aliphatic carboxylic acids is 1. The summed E-state index contributed by atoms with van der Waals surface area (Å²) in [5, 5.41) is 11.6. The third kappa shape index (κ3) is 6.55. The van der Waals surface area contributed by atoms with Gasteiger partial charge in [0.2, 0.25) is 0 Å². The van der Waals surface area contributed by atoms with E-state index in [2.05, 4.69) is 5.32 Å². The molecule has 26 heavy (non-hydrogen) atoms. The minimum absolute atomic E-state index is 0.194. The van der Waals surface area contributed by atoms with Crippen molar-refractivity contribution in [1.29, 1.82) is 0 Å². The molecule has 2 rings (SSSR count). The highest BCUT2D eigenvalue weighted by Crippen LogP contribution is 2.28. The standard InChI is InChI=1S/C19H27NO6/c1-2-24-17-12-14(8-9-16(17)26-13-18(21)22)19(23)20-10-5-7-15-6-3-4-11-25-15/h8-9,12,15H,2-7,10-11,13H2,1H3,(H,20,23)(H,21,22). The highest BCUT2D eigenvalue weighted by molar-refractivity contribution is 5.94. The second-order valence-electron chi connectivity index (χ2n) is 6.16. The van der Waals surface area contributed by atoms with E-state index in [-0.39, 0.29) is 5.91 Å². The van der Waals surface area contributed by atoms with E-state index in [1.165, 1.54) is 6.42 Å². The number of amides is 1. The fourth-order valence-electron chi connectivity index (χ4n) is 2.85. The molecule has 0 spiro atoms. The third-order valence-corrected chi connectivity index (χ3v) is 4.12. The highest BCUT2D eigenvalue weighted by Gasteiger charge is 2.15. The van der Waals surface area contributed by atoms with Crippen molar-refractivity contribution >= 4 is 11.9 Å². The van der Waals surface area contributed by atoms with Crippen LogP contribution < -0.4 is 14.8 Å². The number of benzene rings is 1. The van der Waals surface area contributed by atoms with Crippen LogP contribution in [-0.2, 0) is 9.53 Å². The molecular weight excluding hydrogens is 338 g/mol. The van der Waals surface area contributed by atoms with Gasteiger partial charge in [-0.05, 0) is 57.2 Å². The van der Waals surface area contributed by atoms with Gasteiger partial charge in [0, 0.05) is 18.7 Å². The maximum atomic E-state index is 12.3. The summed E-state index contributed by atoms with van der Waals surface area (Å²) in [5.74, 6) is -0.603. The van der Waals surface area contributed by atoms with E-state index < -0.39 is 12.6 Å². The number of hydrogen-bond acceptors (Lipinski definition) is 5. The van der Waals surface area contributed by atoms with Crippen LogP contribution >= 0.6 is 0 Å². The van der Waals surface area contributed by atoms with Crippen LogP contribution in [0.2, 0.25) is 0 Å². The minimum Gasteiger partial charge on any atom is -0.490 e. The monoisotopic (exact) mass is 365 g/mol. The molecule has 1 aliphatic rings. The number of carbonyl (C=O) groups excluding carboxylic acids is 1. The number of nitrogens with one attached hydrogen (secondary N) is 1. The first-order chi connectivity index (χ1) is 12.6. The Morgan fingerprint density at radius 1 is 1.27 bits per heavy atom. The molecule has 2 N–H and O–H groups in total. The van der Waals surface area contributed by atoms with Gasteiger partial charge in [0.15, 0.2) is 18.1 Å². The van der Waals surface area contributed by atoms with E-state index in [0.717, 1.165) is 32.3 Å². The van der Waals surface area contributed by atoms with E-state index in [0.29, 0.717) is 36.3 Å². The molecule has 1 atom stereocenters. The summed E-state index contributed by atoms with van der Waals surface area (Å²) in [4.78, 5) is 22.9. The Kier molecular flexibility index (Phi) is 8.21. The molecule has 144 valence electrons. The summed E-state index contributed by atoms with van der Waals surface area (Å²) >= 11 is 0. The third-order valence-electron chi connectivity index (χ3n) is 4.12. The number of carbonyl (C=O) groups is 2. The summed E-state index contributed by atoms with van der Waals surface area (Å²) in [6.45, 7) is 3.15. The van der Waals surface area contributed by atoms with Gasteiger partial charge in [-0.25, -0.2) is 4.79 Å². The quantitative estimate of drug-likeness (QED) is 0.619. The molecule has 0 bridgehead atoms. The lowest BCUT2D eigenvalue weighted by atomic mass is 10.0. The zero-order valence-corrected chi connectivity index (χ0v) is 15.2. The van der Waals surface area contributed by atoms with Gasteiger partial charge in [-0.15, -0.1) is 0 Å². The van der Waals surface area contributed by atoms with Crippen LogP contribution in [0.1, 0.15) is 49.4 Å². The number of hydrogen-bond donors (Lipinski definition) is 2. The average Bonchev–Trinajstić information content (AvgIpc) is 2.65. The Morgan fingerprint density at radius 3 is 2.81 bits per heavy atom. The van der Waals surface area contributed by atoms with Crippen molar-refractivity contribution in [3.8, 4) is 11.5 Å². The maximum Gasteiger partial charge on any atom is 0.341 e. The van der Waals surface area contributed by atoms with Gasteiger partial charge >= 0.3 is 5.97 Å². The van der Waals surface area contributed by atoms with E-state index in [1.54, 1.807) is 25.1 Å². The van der Waals surface area contributed by atoms with Crippen molar-refractivity contribution in [3.05, 3.63) is 23.8 Å². The van der Waals surface area contributed by atoms with Crippen LogP contribution in [0, 0.1) is 0 Å². The van der Waals surface area contributed by atoms with E-state index in [4.69, 9.17) is 19.3 Å². The molecule has 0 aliphatic carbocycles. The fourth-order valence-corrected chi connectivity index (χ4v) is 2.85. The van der Waals surface area contributed by atoms with Crippen LogP contribution in [0.5, 0.6) is 11.5 Å². The predicted octanol–water partition coefficient (Wildman–Crippen LogP) is 2.63. The van der Waals surface area contributed by atoms with Gasteiger partial charge in [-0.2, -0.15) is 0 Å². The van der Waals surface area contributed by atoms with Gasteiger partial charge in [0.25, 0.3) is 5.91 Å². The molecule has 0 aromatic heterocycles. The van der Waals surface area contributed by atoms with Crippen molar-refractivity contribution in [2.24, 2.45) is 0 Å². The van der Waals surface area contributed by atoms with Crippen molar-refractivity contribution in [2.45, 2.75) is 45.1 Å². The van der Waals surface area contributed by atoms with Crippen LogP contribution in [0.3, 0.4) is 0 Å². The number of carboxylic acid groups (broad SMARTS) is 1. The molecule has 7 heteroatoms. The maximum absolute atomic E-state index is 12.3. The number of carboxylic acids is 1. The smallest absolute Gasteiger partial charge is 0.341 e. The molecule has 0 saturated carbocycles. The molecule has 0 radical (unpaired) electrons. The summed E-state index contributed by atoms with van der Waals surface area (Å²) in [6.07, 6.45) is 5.59. The predicted molar refractivity (Wildman–Crippen MR) is 95.9 cm³/mol. The largest absolute Gasteiger partial charge is 0.490 e. The first kappa shape index (κ1) is 20.0. The lowest BCUT2D eigenvalue weighted by molar-refractivity contribution is -0.139. The lowest BCUT2D eigenvalue weighted by Gasteiger charge is -2.22. The van der Waals surface area contributed by atoms with Gasteiger partial charge in [-0.3, -0.25) is 4.79 Å². The molecule has 1 amide bonds. The number of rotatable bonds is 10. The topological polar surface area (TPSA) is 94.1 Å². The summed E-state index contributed by atoms with van der Waals surface area (Å²) in [6, 6.07) is 4.72. The molecule has 1 fully saturated rings. The second kappa shape index (κ2) is 10.7. The molecule has 1 aliphatic heterocycles. The Bertz CT molecular complexity index is 598. The fraction of sp³-hybridized carbons (Fsp3) is 0.579. The van der Waals surface area contributed by atoms with Crippen LogP contribution in [0.25, 0.3) is 0 Å². The van der Waals surface area contributed by atoms with Crippen molar-refractivity contribution in [3.63, 3.8) is 0 Å². The zero-order chi connectivity index (χ0) is 18.8. The summed E-state index contributed by atoms with van der Waals surface area (Å²) in [7, 11) is 0. The zero-order valence-electron chi connectivity index (χ0n) is 15.2. The summed E-state index contributed by atoms with van der Waals surface area (Å²) < 4.78 is 16.3. The van der Waals surface area contributed by atoms with E-state index >= 15 is 0 Å². The molecule has 1 aromatic carbocycles. The van der Waals surface area contributed by atoms with Crippen LogP contribution in [0.15, 0.2) is 18.2 Å². The molecule has 1 heterocycles. The first-order valence-electron chi connectivity index (χ1n) is 9.11. The van der Waals surface area contributed by atoms with E-state index in [9.17, 15) is 9.59 Å². The van der Waals surface area contributed by atoms with Gasteiger partial charge in [0.05, 0.1) is 12.7 Å². The Labute approximate surface area is 153 Å². The Balaban J connectivity index is 1.84. The first-order valence-corrected chi connectivity index (χ1v) is 9.11. The van der Waals surface area contributed by atoms with Crippen molar-refractivity contribution < 1.29 is 28.9 Å². The van der Waals surface area contributed by atoms with Gasteiger partial charge in [0.1, 0.15) is 0 Å². The number of ether oxygens (including phenoxy) is 3. The lowest BCUT2D eigenvalue weighted by Crippen LogP contribution is -2.26. The normalized spacial score (nSPS) is 16.7. The molecular formula is C19H27NO6. The van der Waals surface area contributed by atoms with E-state index in [1.807, 2.05) is 0 Å². The minimum atomic E-state index is -1.07. The van der Waals surface area contributed by atoms with Crippen molar-refractivity contribution in [1.82, 2.24) is 5.32 Å². The van der Waals surface area contributed by atoms with Crippen LogP contribution in [-0.4, -0.2) is 49.5 Å². The Hall–Kier alpha value is -2.28. The van der Waals surface area contributed by atoms with Gasteiger partial charge < -0.3 is 24.6 Å². The molecule has 1 aromatic rings. The average molecular weight is 365 g/mol. The van der Waals surface area contributed by atoms with Crippen molar-refractivity contribution in [2.75, 3.05) is 26.4 Å². The van der Waals surface area contributed by atoms with Crippen LogP contribution in [0.4, 0.5) is 0 Å². The molecule has 1 saturated heterocycles. The second-order valence-corrected chi connectivity index (χ2v) is 6.16. The molecule has 7 nitrogen and oxygen atoms in total. The summed E-state index contributed by atoms with van der Waals surface area (Å²) in [5.41, 5.74) is 0.449. The SMILES string of the molecule is CCOc1cc(C(=O)NCCCC2CCCCO2)ccc1OCC(=O)O. The van der Waals surface area contributed by atoms with Gasteiger partial charge in [-0.1, -0.05) is 0 Å². The molecule has 1 unspecified atom stereocenters.